The van der Waals surface area contributed by atoms with Crippen molar-refractivity contribution in [3.05, 3.63) is 12.7 Å². The summed E-state index contributed by atoms with van der Waals surface area (Å²) in [6, 6.07) is 0. The highest BCUT2D eigenvalue weighted by Crippen LogP contribution is 2.39. The van der Waals surface area contributed by atoms with Gasteiger partial charge in [-0.25, -0.2) is 0 Å². The molecule has 86 valence electrons. The zero-order chi connectivity index (χ0) is 11.3. The molecule has 1 N–H and O–H groups in total. The third kappa shape index (κ3) is 4.26. The molecular formula is C11H19NO2S. The Hall–Kier alpha value is -0.480. The first kappa shape index (κ1) is 12.6. The molecule has 0 bridgehead atoms. The Morgan fingerprint density at radius 2 is 2.20 bits per heavy atom. The molecule has 0 aromatic heterocycles. The van der Waals surface area contributed by atoms with E-state index in [4.69, 9.17) is 4.18 Å². The van der Waals surface area contributed by atoms with Gasteiger partial charge in [0.2, 0.25) is 5.91 Å². The van der Waals surface area contributed by atoms with Crippen molar-refractivity contribution < 1.29 is 8.98 Å². The third-order valence-electron chi connectivity index (χ3n) is 2.33. The number of allylic oxidation sites excluding steroid dienone is 1. The molecule has 0 spiro atoms. The first-order valence-electron chi connectivity index (χ1n) is 5.56. The third-order valence-corrected chi connectivity index (χ3v) is 2.98. The summed E-state index contributed by atoms with van der Waals surface area (Å²) < 4.78 is 7.92. The summed E-state index contributed by atoms with van der Waals surface area (Å²) in [5.41, 5.74) is 0. The molecule has 0 heterocycles. The van der Waals surface area contributed by atoms with E-state index in [2.05, 4.69) is 11.3 Å². The molecule has 2 rings (SSSR count). The summed E-state index contributed by atoms with van der Waals surface area (Å²) in [7, 11) is 0. The van der Waals surface area contributed by atoms with Crippen LogP contribution in [-0.2, 0) is 8.98 Å². The summed E-state index contributed by atoms with van der Waals surface area (Å²) in [4.78, 5) is 11.3. The van der Waals surface area contributed by atoms with Gasteiger partial charge < -0.3 is 0 Å². The van der Waals surface area contributed by atoms with Gasteiger partial charge in [0.15, 0.2) is 0 Å². The second-order valence-electron chi connectivity index (χ2n) is 3.59. The SMILES string of the molecule is C=C[C@@H]1C[C@@H]1C(=O)NSOC1CC1.CC. The molecule has 0 unspecified atom stereocenters. The summed E-state index contributed by atoms with van der Waals surface area (Å²) >= 11 is 1.08. The van der Waals surface area contributed by atoms with E-state index in [1.807, 2.05) is 19.9 Å². The van der Waals surface area contributed by atoms with E-state index in [1.165, 1.54) is 0 Å². The number of amides is 1. The van der Waals surface area contributed by atoms with Crippen molar-refractivity contribution in [3.8, 4) is 0 Å². The summed E-state index contributed by atoms with van der Waals surface area (Å²) in [5, 5.41) is 0. The summed E-state index contributed by atoms with van der Waals surface area (Å²) in [6.45, 7) is 7.66. The van der Waals surface area contributed by atoms with Crippen LogP contribution in [0.2, 0.25) is 0 Å². The molecule has 0 radical (unpaired) electrons. The van der Waals surface area contributed by atoms with Crippen LogP contribution in [0.5, 0.6) is 0 Å². The van der Waals surface area contributed by atoms with Gasteiger partial charge in [-0.05, 0) is 25.2 Å². The predicted octanol–water partition coefficient (Wildman–Crippen LogP) is 2.69. The zero-order valence-corrected chi connectivity index (χ0v) is 10.2. The van der Waals surface area contributed by atoms with E-state index in [0.717, 1.165) is 31.5 Å². The average molecular weight is 229 g/mol. The van der Waals surface area contributed by atoms with Crippen LogP contribution in [-0.4, -0.2) is 12.0 Å². The van der Waals surface area contributed by atoms with Crippen molar-refractivity contribution in [1.82, 2.24) is 4.72 Å². The summed E-state index contributed by atoms with van der Waals surface area (Å²) in [6.07, 6.45) is 5.42. The van der Waals surface area contributed by atoms with Gasteiger partial charge in [-0.1, -0.05) is 19.9 Å². The minimum absolute atomic E-state index is 0.0792. The van der Waals surface area contributed by atoms with Crippen LogP contribution in [0.1, 0.15) is 33.1 Å². The van der Waals surface area contributed by atoms with Gasteiger partial charge in [0.25, 0.3) is 0 Å². The van der Waals surface area contributed by atoms with Crippen LogP contribution in [0.4, 0.5) is 0 Å². The van der Waals surface area contributed by atoms with E-state index < -0.39 is 0 Å². The second-order valence-corrected chi connectivity index (χ2v) is 4.15. The number of carbonyl (C=O) groups excluding carboxylic acids is 1. The predicted molar refractivity (Wildman–Crippen MR) is 63.0 cm³/mol. The quantitative estimate of drug-likeness (QED) is 0.447. The Labute approximate surface area is 96.0 Å². The van der Waals surface area contributed by atoms with Crippen LogP contribution in [0, 0.1) is 11.8 Å². The van der Waals surface area contributed by atoms with Gasteiger partial charge in [0, 0.05) is 5.92 Å². The maximum Gasteiger partial charge on any atom is 0.235 e. The van der Waals surface area contributed by atoms with Crippen LogP contribution in [0.15, 0.2) is 12.7 Å². The van der Waals surface area contributed by atoms with Crippen molar-refractivity contribution in [2.75, 3.05) is 0 Å². The fraction of sp³-hybridized carbons (Fsp3) is 0.727. The molecule has 2 saturated carbocycles. The van der Waals surface area contributed by atoms with Crippen molar-refractivity contribution >= 4 is 18.1 Å². The lowest BCUT2D eigenvalue weighted by Gasteiger charge is -2.01. The Balaban J connectivity index is 0.000000531. The van der Waals surface area contributed by atoms with Gasteiger partial charge in [0.05, 0.1) is 6.10 Å². The lowest BCUT2D eigenvalue weighted by molar-refractivity contribution is -0.120. The number of hydrogen-bond donors (Lipinski definition) is 1. The molecular weight excluding hydrogens is 210 g/mol. The monoisotopic (exact) mass is 229 g/mol. The molecule has 2 aliphatic rings. The van der Waals surface area contributed by atoms with E-state index in [0.29, 0.717) is 12.0 Å². The highest BCUT2D eigenvalue weighted by Gasteiger charge is 2.40. The summed E-state index contributed by atoms with van der Waals surface area (Å²) in [5.74, 6) is 0.616. The fourth-order valence-corrected chi connectivity index (χ4v) is 1.76. The van der Waals surface area contributed by atoms with E-state index in [-0.39, 0.29) is 11.8 Å². The minimum atomic E-state index is 0.0792. The van der Waals surface area contributed by atoms with E-state index >= 15 is 0 Å². The Morgan fingerprint density at radius 3 is 2.67 bits per heavy atom. The van der Waals surface area contributed by atoms with Crippen molar-refractivity contribution in [2.45, 2.75) is 39.2 Å². The molecule has 2 aliphatic carbocycles. The number of rotatable bonds is 5. The van der Waals surface area contributed by atoms with E-state index in [1.54, 1.807) is 0 Å². The molecule has 3 nitrogen and oxygen atoms in total. The van der Waals surface area contributed by atoms with Crippen LogP contribution >= 0.6 is 12.2 Å². The second kappa shape index (κ2) is 6.18. The molecule has 0 aliphatic heterocycles. The minimum Gasteiger partial charge on any atom is -0.293 e. The van der Waals surface area contributed by atoms with Crippen molar-refractivity contribution in [3.63, 3.8) is 0 Å². The molecule has 2 atom stereocenters. The Bertz CT molecular complexity index is 229. The Morgan fingerprint density at radius 1 is 1.53 bits per heavy atom. The highest BCUT2D eigenvalue weighted by atomic mass is 32.2. The normalized spacial score (nSPS) is 27.3. The highest BCUT2D eigenvalue weighted by molar-refractivity contribution is 7.93. The van der Waals surface area contributed by atoms with Gasteiger partial charge in [0.1, 0.15) is 12.2 Å². The molecule has 15 heavy (non-hydrogen) atoms. The lowest BCUT2D eigenvalue weighted by Crippen LogP contribution is -2.18. The van der Waals surface area contributed by atoms with Gasteiger partial charge in [-0.2, -0.15) is 0 Å². The first-order chi connectivity index (χ1) is 7.31. The fourth-order valence-electron chi connectivity index (χ4n) is 1.15. The smallest absolute Gasteiger partial charge is 0.235 e. The van der Waals surface area contributed by atoms with Gasteiger partial charge >= 0.3 is 0 Å². The Kier molecular flexibility index (Phi) is 5.19. The largest absolute Gasteiger partial charge is 0.293 e. The molecule has 1 amide bonds. The average Bonchev–Trinajstić information content (AvgIpc) is 3.15. The van der Waals surface area contributed by atoms with E-state index in [9.17, 15) is 4.79 Å². The first-order valence-corrected chi connectivity index (χ1v) is 6.30. The maximum atomic E-state index is 11.3. The maximum absolute atomic E-state index is 11.3. The van der Waals surface area contributed by atoms with Crippen molar-refractivity contribution in [1.29, 1.82) is 0 Å². The van der Waals surface area contributed by atoms with Crippen molar-refractivity contribution in [2.24, 2.45) is 11.8 Å². The number of nitrogens with one attached hydrogen (secondary N) is 1. The van der Waals surface area contributed by atoms with Crippen LogP contribution < -0.4 is 4.72 Å². The molecule has 0 aromatic rings. The zero-order valence-electron chi connectivity index (χ0n) is 9.36. The molecule has 0 saturated heterocycles. The number of hydrogen-bond acceptors (Lipinski definition) is 3. The van der Waals surface area contributed by atoms with Crippen LogP contribution in [0.3, 0.4) is 0 Å². The standard InChI is InChI=1S/C9H13NO2S.C2H6/c1-2-6-5-8(6)9(11)10-13-12-7-3-4-7;1-2/h2,6-8H,1,3-5H2,(H,10,11);1-2H3/t6-,8+;/m1./s1. The molecule has 0 aromatic carbocycles. The molecule has 2 fully saturated rings. The van der Waals surface area contributed by atoms with Gasteiger partial charge in [-0.15, -0.1) is 6.58 Å². The topological polar surface area (TPSA) is 38.3 Å². The molecule has 4 heteroatoms. The van der Waals surface area contributed by atoms with Crippen LogP contribution in [0.25, 0.3) is 0 Å². The lowest BCUT2D eigenvalue weighted by atomic mass is 10.3. The van der Waals surface area contributed by atoms with Gasteiger partial charge in [-0.3, -0.25) is 13.7 Å². The number of carbonyl (C=O) groups is 1.